The van der Waals surface area contributed by atoms with Gasteiger partial charge in [-0.25, -0.2) is 4.79 Å². The third-order valence-corrected chi connectivity index (χ3v) is 1.79. The number of carboxylic acid groups (broad SMARTS) is 1. The number of hydrogen-bond acceptors (Lipinski definition) is 3. The molecule has 0 aliphatic rings. The van der Waals surface area contributed by atoms with Crippen molar-refractivity contribution in [3.05, 3.63) is 10.7 Å². The quantitative estimate of drug-likeness (QED) is 0.723. The van der Waals surface area contributed by atoms with Crippen LogP contribution in [0.5, 0.6) is 0 Å². The van der Waals surface area contributed by atoms with Gasteiger partial charge in [0.15, 0.2) is 5.69 Å². The zero-order valence-corrected chi connectivity index (χ0v) is 7.38. The predicted octanol–water partition coefficient (Wildman–Crippen LogP) is 0.813. The maximum absolute atomic E-state index is 10.5. The van der Waals surface area contributed by atoms with Crippen molar-refractivity contribution in [1.29, 1.82) is 0 Å². The van der Waals surface area contributed by atoms with Crippen LogP contribution in [0.25, 0.3) is 0 Å². The topological polar surface area (TPSA) is 67.2 Å². The minimum atomic E-state index is -1.13. The maximum Gasteiger partial charge on any atom is 0.358 e. The molecule has 0 fully saturated rings. The predicted molar refractivity (Wildman–Crippen MR) is 44.7 cm³/mol. The lowest BCUT2D eigenvalue weighted by molar-refractivity contribution is 0.0690. The first-order chi connectivity index (χ1) is 5.57. The largest absolute Gasteiger partial charge is 0.476 e. The molecule has 12 heavy (non-hydrogen) atoms. The van der Waals surface area contributed by atoms with Crippen molar-refractivity contribution in [2.75, 3.05) is 12.4 Å². The molecule has 0 aliphatic carbocycles. The van der Waals surface area contributed by atoms with Gasteiger partial charge in [0.25, 0.3) is 0 Å². The van der Waals surface area contributed by atoms with E-state index in [1.165, 1.54) is 4.68 Å². The van der Waals surface area contributed by atoms with Crippen molar-refractivity contribution < 1.29 is 9.90 Å². The van der Waals surface area contributed by atoms with Gasteiger partial charge in [0.2, 0.25) is 0 Å². The van der Waals surface area contributed by atoms with Crippen LogP contribution in [0.2, 0.25) is 5.02 Å². The Labute approximate surface area is 73.9 Å². The lowest BCUT2D eigenvalue weighted by Gasteiger charge is -1.98. The Bertz CT molecular complexity index is 321. The van der Waals surface area contributed by atoms with Crippen molar-refractivity contribution in [2.45, 2.75) is 0 Å². The van der Waals surface area contributed by atoms with Crippen LogP contribution in [0.1, 0.15) is 10.5 Å². The van der Waals surface area contributed by atoms with E-state index in [4.69, 9.17) is 16.7 Å². The van der Waals surface area contributed by atoms with Crippen molar-refractivity contribution in [3.63, 3.8) is 0 Å². The molecule has 0 bridgehead atoms. The van der Waals surface area contributed by atoms with Crippen LogP contribution in [-0.4, -0.2) is 27.9 Å². The van der Waals surface area contributed by atoms with Crippen molar-refractivity contribution >= 4 is 23.4 Å². The molecule has 0 aromatic carbocycles. The highest BCUT2D eigenvalue weighted by molar-refractivity contribution is 6.35. The van der Waals surface area contributed by atoms with Gasteiger partial charge in [-0.15, -0.1) is 0 Å². The molecule has 0 unspecified atom stereocenters. The van der Waals surface area contributed by atoms with Crippen LogP contribution in [0.15, 0.2) is 0 Å². The molecule has 1 rings (SSSR count). The number of aryl methyl sites for hydroxylation is 1. The van der Waals surface area contributed by atoms with E-state index in [0.29, 0.717) is 5.82 Å². The van der Waals surface area contributed by atoms with Crippen molar-refractivity contribution in [1.82, 2.24) is 9.78 Å². The van der Waals surface area contributed by atoms with Crippen LogP contribution in [0.4, 0.5) is 5.82 Å². The minimum absolute atomic E-state index is 0.132. The lowest BCUT2D eigenvalue weighted by Crippen LogP contribution is -2.00. The fraction of sp³-hybridized carbons (Fsp3) is 0.333. The first kappa shape index (κ1) is 8.86. The van der Waals surface area contributed by atoms with E-state index < -0.39 is 5.97 Å². The Balaban J connectivity index is 3.26. The van der Waals surface area contributed by atoms with Gasteiger partial charge in [-0.05, 0) is 0 Å². The summed E-state index contributed by atoms with van der Waals surface area (Å²) in [6.45, 7) is 0. The molecule has 0 atom stereocenters. The normalized spacial score (nSPS) is 9.92. The summed E-state index contributed by atoms with van der Waals surface area (Å²) in [5.41, 5.74) is -0.136. The molecule has 1 aromatic heterocycles. The van der Waals surface area contributed by atoms with Gasteiger partial charge in [-0.1, -0.05) is 11.6 Å². The van der Waals surface area contributed by atoms with Crippen molar-refractivity contribution in [3.8, 4) is 0 Å². The Hall–Kier alpha value is -1.23. The number of anilines is 1. The highest BCUT2D eigenvalue weighted by Gasteiger charge is 2.18. The molecule has 1 aromatic rings. The number of halogens is 1. The molecule has 2 N–H and O–H groups in total. The van der Waals surface area contributed by atoms with Crippen LogP contribution >= 0.6 is 11.6 Å². The van der Waals surface area contributed by atoms with Gasteiger partial charge in [0.05, 0.1) is 0 Å². The average molecular weight is 190 g/mol. The van der Waals surface area contributed by atoms with Gasteiger partial charge >= 0.3 is 5.97 Å². The highest BCUT2D eigenvalue weighted by atomic mass is 35.5. The number of hydrogen-bond donors (Lipinski definition) is 2. The van der Waals surface area contributed by atoms with Gasteiger partial charge in [-0.3, -0.25) is 4.68 Å². The molecule has 0 saturated carbocycles. The zero-order chi connectivity index (χ0) is 9.30. The number of carboxylic acids is 1. The molecule has 6 heteroatoms. The summed E-state index contributed by atoms with van der Waals surface area (Å²) in [6, 6.07) is 0. The molecule has 0 aliphatic heterocycles. The minimum Gasteiger partial charge on any atom is -0.476 e. The van der Waals surface area contributed by atoms with Gasteiger partial charge in [0, 0.05) is 14.1 Å². The molecular weight excluding hydrogens is 182 g/mol. The summed E-state index contributed by atoms with van der Waals surface area (Å²) in [7, 11) is 3.26. The number of nitrogens with one attached hydrogen (secondary N) is 1. The molecule has 1 heterocycles. The molecule has 0 radical (unpaired) electrons. The lowest BCUT2D eigenvalue weighted by atomic mass is 10.4. The van der Waals surface area contributed by atoms with Gasteiger partial charge in [-0.2, -0.15) is 5.10 Å². The van der Waals surface area contributed by atoms with Gasteiger partial charge in [0.1, 0.15) is 10.8 Å². The number of aromatic carboxylic acids is 1. The van der Waals surface area contributed by atoms with E-state index in [0.717, 1.165) is 0 Å². The summed E-state index contributed by atoms with van der Waals surface area (Å²) in [6.07, 6.45) is 0. The number of aromatic nitrogens is 2. The smallest absolute Gasteiger partial charge is 0.358 e. The zero-order valence-electron chi connectivity index (χ0n) is 6.63. The standard InChI is InChI=1S/C6H8ClN3O2/c1-8-5-3(7)4(6(11)12)9-10(5)2/h8H,1-2H3,(H,11,12). The van der Waals surface area contributed by atoms with Crippen LogP contribution in [0.3, 0.4) is 0 Å². The summed E-state index contributed by atoms with van der Waals surface area (Å²) in [4.78, 5) is 10.5. The monoisotopic (exact) mass is 189 g/mol. The summed E-state index contributed by atoms with van der Waals surface area (Å²) in [5.74, 6) is -0.633. The first-order valence-electron chi connectivity index (χ1n) is 3.21. The molecule has 0 saturated heterocycles. The Morgan fingerprint density at radius 2 is 2.33 bits per heavy atom. The highest BCUT2D eigenvalue weighted by Crippen LogP contribution is 2.24. The van der Waals surface area contributed by atoms with Crippen LogP contribution in [0, 0.1) is 0 Å². The fourth-order valence-corrected chi connectivity index (χ4v) is 1.24. The van der Waals surface area contributed by atoms with Crippen molar-refractivity contribution in [2.24, 2.45) is 7.05 Å². The van der Waals surface area contributed by atoms with E-state index in [2.05, 4.69) is 10.4 Å². The number of carbonyl (C=O) groups is 1. The van der Waals surface area contributed by atoms with Crippen LogP contribution in [-0.2, 0) is 7.05 Å². The third-order valence-electron chi connectivity index (χ3n) is 1.43. The second-order valence-corrected chi connectivity index (χ2v) is 2.57. The first-order valence-corrected chi connectivity index (χ1v) is 3.59. The number of rotatable bonds is 2. The second kappa shape index (κ2) is 3.02. The Morgan fingerprint density at radius 1 is 1.75 bits per heavy atom. The Morgan fingerprint density at radius 3 is 2.58 bits per heavy atom. The number of nitrogens with zero attached hydrogens (tertiary/aromatic N) is 2. The second-order valence-electron chi connectivity index (χ2n) is 2.19. The van der Waals surface area contributed by atoms with E-state index in [9.17, 15) is 4.79 Å². The van der Waals surface area contributed by atoms with E-state index in [1.807, 2.05) is 0 Å². The summed E-state index contributed by atoms with van der Waals surface area (Å²) >= 11 is 5.70. The fourth-order valence-electron chi connectivity index (χ4n) is 0.906. The maximum atomic E-state index is 10.5. The molecule has 66 valence electrons. The summed E-state index contributed by atoms with van der Waals surface area (Å²) in [5, 5.41) is 15.2. The van der Waals surface area contributed by atoms with Crippen LogP contribution < -0.4 is 5.32 Å². The molecule has 0 spiro atoms. The third kappa shape index (κ3) is 1.23. The molecule has 0 amide bonds. The average Bonchev–Trinajstić information content (AvgIpc) is 2.27. The van der Waals surface area contributed by atoms with E-state index >= 15 is 0 Å². The van der Waals surface area contributed by atoms with E-state index in [1.54, 1.807) is 14.1 Å². The Kier molecular flexibility index (Phi) is 2.23. The van der Waals surface area contributed by atoms with Gasteiger partial charge < -0.3 is 10.4 Å². The summed E-state index contributed by atoms with van der Waals surface area (Å²) < 4.78 is 1.38. The molecule has 5 nitrogen and oxygen atoms in total. The van der Waals surface area contributed by atoms with E-state index in [-0.39, 0.29) is 10.7 Å². The SMILES string of the molecule is CNc1c(Cl)c(C(=O)O)nn1C. The molecular formula is C6H8ClN3O2.